The number of unbranched alkanes of at least 4 members (excludes halogenated alkanes) is 10. The number of phosphoric acid groups is 1. The summed E-state index contributed by atoms with van der Waals surface area (Å²) in [6.07, 6.45) is 46.3. The SMILES string of the molecule is CCCCC/C=C\C/C=C\C/C=C\CCCCCCC(=O)O[C@H](COC(=O)CCC/C=C\C/C=C\C/C=C\C=C\[C@H](O)CCCCC)COP(=O)(O)O. The van der Waals surface area contributed by atoms with Crippen molar-refractivity contribution in [3.8, 4) is 0 Å². The van der Waals surface area contributed by atoms with E-state index in [1.54, 1.807) is 0 Å². The Hall–Kier alpha value is -2.81. The molecule has 2 atom stereocenters. The summed E-state index contributed by atoms with van der Waals surface area (Å²) in [5, 5.41) is 9.86. The zero-order valence-corrected chi connectivity index (χ0v) is 33.6. The predicted molar refractivity (Wildman–Crippen MR) is 217 cm³/mol. The van der Waals surface area contributed by atoms with Crippen LogP contribution in [-0.4, -0.2) is 52.3 Å². The van der Waals surface area contributed by atoms with Crippen LogP contribution < -0.4 is 0 Å². The smallest absolute Gasteiger partial charge is 0.462 e. The largest absolute Gasteiger partial charge is 0.469 e. The molecule has 0 radical (unpaired) electrons. The highest BCUT2D eigenvalue weighted by Crippen LogP contribution is 2.36. The Labute approximate surface area is 321 Å². The number of carbonyl (C=O) groups excluding carboxylic acids is 2. The molecule has 10 heteroatoms. The summed E-state index contributed by atoms with van der Waals surface area (Å²) < 4.78 is 26.3. The first-order valence-electron chi connectivity index (χ1n) is 20.0. The van der Waals surface area contributed by atoms with Crippen LogP contribution in [-0.2, 0) is 28.2 Å². The van der Waals surface area contributed by atoms with E-state index >= 15 is 0 Å². The average Bonchev–Trinajstić information content (AvgIpc) is 3.12. The van der Waals surface area contributed by atoms with Gasteiger partial charge < -0.3 is 24.4 Å². The van der Waals surface area contributed by atoms with Gasteiger partial charge in [-0.15, -0.1) is 0 Å². The fraction of sp³-hybridized carbons (Fsp3) is 0.628. The van der Waals surface area contributed by atoms with Gasteiger partial charge in [-0.25, -0.2) is 4.57 Å². The number of hydrogen-bond donors (Lipinski definition) is 3. The van der Waals surface area contributed by atoms with Crippen molar-refractivity contribution in [2.24, 2.45) is 0 Å². The van der Waals surface area contributed by atoms with Gasteiger partial charge in [-0.3, -0.25) is 14.1 Å². The molecular weight excluding hydrogens is 691 g/mol. The lowest BCUT2D eigenvalue weighted by Gasteiger charge is -2.18. The monoisotopic (exact) mass is 762 g/mol. The van der Waals surface area contributed by atoms with E-state index < -0.39 is 32.5 Å². The first-order chi connectivity index (χ1) is 25.7. The summed E-state index contributed by atoms with van der Waals surface area (Å²) in [6.45, 7) is 3.45. The van der Waals surface area contributed by atoms with Crippen molar-refractivity contribution in [3.63, 3.8) is 0 Å². The van der Waals surface area contributed by atoms with E-state index in [2.05, 4.69) is 67.0 Å². The van der Waals surface area contributed by atoms with Crippen LogP contribution in [0.5, 0.6) is 0 Å². The van der Waals surface area contributed by atoms with Gasteiger partial charge in [-0.05, 0) is 77.0 Å². The Morgan fingerprint density at radius 2 is 1.09 bits per heavy atom. The number of esters is 2. The molecule has 3 N–H and O–H groups in total. The predicted octanol–water partition coefficient (Wildman–Crippen LogP) is 11.0. The summed E-state index contributed by atoms with van der Waals surface area (Å²) in [7, 11) is -4.79. The van der Waals surface area contributed by atoms with Crippen molar-refractivity contribution >= 4 is 19.8 Å². The van der Waals surface area contributed by atoms with E-state index in [0.29, 0.717) is 19.3 Å². The zero-order chi connectivity index (χ0) is 39.1. The van der Waals surface area contributed by atoms with Crippen molar-refractivity contribution in [2.45, 2.75) is 161 Å². The summed E-state index contributed by atoms with van der Waals surface area (Å²) in [6, 6.07) is 0. The minimum Gasteiger partial charge on any atom is -0.462 e. The fourth-order valence-corrected chi connectivity index (χ4v) is 5.31. The van der Waals surface area contributed by atoms with Crippen LogP contribution >= 0.6 is 7.82 Å². The molecule has 0 aliphatic carbocycles. The van der Waals surface area contributed by atoms with Crippen molar-refractivity contribution < 1.29 is 43.0 Å². The van der Waals surface area contributed by atoms with Crippen LogP contribution in [0.25, 0.3) is 0 Å². The summed E-state index contributed by atoms with van der Waals surface area (Å²) in [5.41, 5.74) is 0. The molecule has 0 amide bonds. The topological polar surface area (TPSA) is 140 Å². The van der Waals surface area contributed by atoms with Gasteiger partial charge in [0.2, 0.25) is 0 Å². The molecule has 0 fully saturated rings. The summed E-state index contributed by atoms with van der Waals surface area (Å²) in [5.74, 6) is -1.01. The number of ether oxygens (including phenoxy) is 2. The second-order valence-corrected chi connectivity index (χ2v) is 14.3. The third-order valence-electron chi connectivity index (χ3n) is 7.99. The molecule has 0 spiro atoms. The fourth-order valence-electron chi connectivity index (χ4n) is 4.95. The number of carbonyl (C=O) groups is 2. The van der Waals surface area contributed by atoms with Crippen LogP contribution in [0.1, 0.15) is 149 Å². The Morgan fingerprint density at radius 3 is 1.70 bits per heavy atom. The maximum absolute atomic E-state index is 12.4. The Balaban J connectivity index is 4.15. The number of aliphatic hydroxyl groups is 1. The minimum absolute atomic E-state index is 0.161. The van der Waals surface area contributed by atoms with Gasteiger partial charge in [-0.1, -0.05) is 144 Å². The number of phosphoric ester groups is 1. The summed E-state index contributed by atoms with van der Waals surface area (Å²) >= 11 is 0. The van der Waals surface area contributed by atoms with E-state index in [0.717, 1.165) is 77.0 Å². The standard InChI is InChI=1S/C43H71O9P/c1-3-5-7-8-9-10-11-12-13-14-15-16-19-23-26-29-33-37-43(46)52-41(39-51-53(47,48)49)38-50-42(45)36-32-28-25-22-20-17-18-21-24-27-31-35-40(44)34-30-6-4-2/h9-10,12-13,15-18,22,24-25,27,31,35,40-41,44H,3-8,11,14,19-21,23,26,28-30,32-34,36-39H2,1-2H3,(H2,47,48,49)/b10-9-,13-12-,16-15-,18-17-,25-22-,27-24-,35-31+/t40-,41-/m1/s1. The zero-order valence-electron chi connectivity index (χ0n) is 32.7. The third-order valence-corrected chi connectivity index (χ3v) is 8.48. The van der Waals surface area contributed by atoms with Crippen molar-refractivity contribution in [2.75, 3.05) is 13.2 Å². The van der Waals surface area contributed by atoms with Crippen molar-refractivity contribution in [1.29, 1.82) is 0 Å². The number of hydrogen-bond acceptors (Lipinski definition) is 7. The van der Waals surface area contributed by atoms with Crippen molar-refractivity contribution in [1.82, 2.24) is 0 Å². The van der Waals surface area contributed by atoms with Crippen LogP contribution in [0.2, 0.25) is 0 Å². The molecule has 9 nitrogen and oxygen atoms in total. The molecule has 0 rings (SSSR count). The molecule has 0 unspecified atom stereocenters. The molecule has 0 aliphatic rings. The second-order valence-electron chi connectivity index (χ2n) is 13.1. The first kappa shape index (κ1) is 50.2. The van der Waals surface area contributed by atoms with Crippen LogP contribution in [0.15, 0.2) is 85.1 Å². The molecule has 0 heterocycles. The van der Waals surface area contributed by atoms with Crippen LogP contribution in [0, 0.1) is 0 Å². The number of aliphatic hydroxyl groups excluding tert-OH is 1. The van der Waals surface area contributed by atoms with Gasteiger partial charge in [0.1, 0.15) is 6.61 Å². The molecule has 0 aromatic rings. The van der Waals surface area contributed by atoms with Gasteiger partial charge >= 0.3 is 19.8 Å². The van der Waals surface area contributed by atoms with Gasteiger partial charge in [-0.2, -0.15) is 0 Å². The van der Waals surface area contributed by atoms with Crippen molar-refractivity contribution in [3.05, 3.63) is 85.1 Å². The highest BCUT2D eigenvalue weighted by molar-refractivity contribution is 7.46. The highest BCUT2D eigenvalue weighted by Gasteiger charge is 2.22. The molecule has 302 valence electrons. The number of allylic oxidation sites excluding steroid dienone is 13. The van der Waals surface area contributed by atoms with Crippen LogP contribution in [0.4, 0.5) is 0 Å². The Kier molecular flexibility index (Phi) is 35.5. The minimum atomic E-state index is -4.79. The van der Waals surface area contributed by atoms with E-state index in [-0.39, 0.29) is 25.6 Å². The molecule has 0 aliphatic heterocycles. The molecule has 53 heavy (non-hydrogen) atoms. The Bertz CT molecular complexity index is 1150. The summed E-state index contributed by atoms with van der Waals surface area (Å²) in [4.78, 5) is 42.8. The van der Waals surface area contributed by atoms with Gasteiger partial charge in [0.05, 0.1) is 12.7 Å². The highest BCUT2D eigenvalue weighted by atomic mass is 31.2. The van der Waals surface area contributed by atoms with Gasteiger partial charge in [0.15, 0.2) is 6.10 Å². The van der Waals surface area contributed by atoms with E-state index in [1.807, 2.05) is 36.5 Å². The molecule has 0 aromatic carbocycles. The first-order valence-corrected chi connectivity index (χ1v) is 21.5. The lowest BCUT2D eigenvalue weighted by Crippen LogP contribution is -2.29. The maximum Gasteiger partial charge on any atom is 0.469 e. The molecule has 0 saturated heterocycles. The molecule has 0 saturated carbocycles. The molecular formula is C43H71O9P. The lowest BCUT2D eigenvalue weighted by molar-refractivity contribution is -0.161. The van der Waals surface area contributed by atoms with E-state index in [1.165, 1.54) is 25.7 Å². The third kappa shape index (κ3) is 40.2. The van der Waals surface area contributed by atoms with E-state index in [9.17, 15) is 19.3 Å². The van der Waals surface area contributed by atoms with Crippen LogP contribution in [0.3, 0.4) is 0 Å². The molecule has 0 bridgehead atoms. The quantitative estimate of drug-likeness (QED) is 0.0189. The maximum atomic E-state index is 12.4. The Morgan fingerprint density at radius 1 is 0.585 bits per heavy atom. The van der Waals surface area contributed by atoms with Gasteiger partial charge in [0, 0.05) is 12.8 Å². The van der Waals surface area contributed by atoms with E-state index in [4.69, 9.17) is 19.3 Å². The molecule has 0 aromatic heterocycles. The second kappa shape index (κ2) is 37.5. The lowest BCUT2D eigenvalue weighted by atomic mass is 10.1. The average molecular weight is 763 g/mol. The number of rotatable bonds is 35. The normalized spacial score (nSPS) is 14.0. The van der Waals surface area contributed by atoms with Gasteiger partial charge in [0.25, 0.3) is 0 Å².